The predicted molar refractivity (Wildman–Crippen MR) is 200 cm³/mol. The molecule has 0 bridgehead atoms. The molecule has 5 heteroatoms. The van der Waals surface area contributed by atoms with Crippen LogP contribution in [0, 0.1) is 0 Å². The fourth-order valence-corrected chi connectivity index (χ4v) is 8.72. The summed E-state index contributed by atoms with van der Waals surface area (Å²) in [6.07, 6.45) is 5.33. The number of aliphatic imine (C=N–C) groups is 2. The first-order valence-corrected chi connectivity index (χ1v) is 17.5. The SMILES string of the molecule is CC1CC=Cc2sc3c4c(ccc3c21)C(C)(C)c1ccc(-c2ccc(C3N=C(c5ccccc5)NC(c5ccccc5)=N3)cc2)cc1O4. The van der Waals surface area contributed by atoms with Gasteiger partial charge >= 0.3 is 0 Å². The number of amidine groups is 2. The Morgan fingerprint density at radius 2 is 1.38 bits per heavy atom. The number of hydrogen-bond acceptors (Lipinski definition) is 5. The molecule has 5 aromatic carbocycles. The number of thiophene rings is 1. The number of hydrogen-bond donors (Lipinski definition) is 1. The van der Waals surface area contributed by atoms with Crippen LogP contribution < -0.4 is 10.1 Å². The molecule has 0 amide bonds. The third kappa shape index (κ3) is 4.72. The van der Waals surface area contributed by atoms with E-state index in [0.717, 1.165) is 57.4 Å². The van der Waals surface area contributed by atoms with Crippen LogP contribution in [-0.2, 0) is 5.41 Å². The van der Waals surface area contributed by atoms with Gasteiger partial charge in [0.2, 0.25) is 0 Å². The Morgan fingerprint density at radius 1 is 0.729 bits per heavy atom. The number of fused-ring (bicyclic) bond motifs is 6. The molecule has 4 nitrogen and oxygen atoms in total. The zero-order chi connectivity index (χ0) is 32.4. The molecule has 1 aliphatic carbocycles. The van der Waals surface area contributed by atoms with Crippen LogP contribution in [0.25, 0.3) is 27.3 Å². The Balaban J connectivity index is 1.06. The zero-order valence-electron chi connectivity index (χ0n) is 27.2. The summed E-state index contributed by atoms with van der Waals surface area (Å²) in [6.45, 7) is 6.97. The van der Waals surface area contributed by atoms with Crippen LogP contribution in [0.1, 0.15) is 77.5 Å². The first-order valence-electron chi connectivity index (χ1n) is 16.7. The topological polar surface area (TPSA) is 46.0 Å². The monoisotopic (exact) mass is 641 g/mol. The highest BCUT2D eigenvalue weighted by atomic mass is 32.1. The molecule has 234 valence electrons. The molecule has 2 aliphatic heterocycles. The van der Waals surface area contributed by atoms with Gasteiger partial charge in [-0.15, -0.1) is 11.3 Å². The van der Waals surface area contributed by atoms with Gasteiger partial charge < -0.3 is 10.1 Å². The average Bonchev–Trinajstić information content (AvgIpc) is 3.53. The second kappa shape index (κ2) is 11.2. The Labute approximate surface area is 285 Å². The van der Waals surface area contributed by atoms with E-state index in [1.807, 2.05) is 47.7 Å². The van der Waals surface area contributed by atoms with Crippen LogP contribution in [0.2, 0.25) is 0 Å². The highest BCUT2D eigenvalue weighted by Crippen LogP contribution is 2.54. The Kier molecular flexibility index (Phi) is 6.73. The Hall–Kier alpha value is -5.26. The van der Waals surface area contributed by atoms with Gasteiger partial charge in [0.1, 0.15) is 23.2 Å². The van der Waals surface area contributed by atoms with Crippen LogP contribution in [0.3, 0.4) is 0 Å². The Bertz CT molecular complexity index is 2240. The molecule has 1 aromatic heterocycles. The standard InChI is InChI=1S/C43H35N3OS/c1-26-11-10-16-36-37(26)32-22-24-34-38(39(32)48-36)47-35-25-31(21-23-33(35)43(34,2)3)27-17-19-30(20-18-27)42-45-40(28-12-6-4-7-13-28)44-41(46-42)29-14-8-5-9-15-29/h4-10,12-26,42H,11H2,1-3H3,(H,44,45,46). The second-order valence-corrected chi connectivity index (χ2v) is 14.5. The molecule has 0 saturated carbocycles. The molecule has 9 rings (SSSR count). The van der Waals surface area contributed by atoms with Crippen LogP contribution in [0.4, 0.5) is 0 Å². The fourth-order valence-electron chi connectivity index (χ4n) is 7.39. The van der Waals surface area contributed by atoms with Crippen molar-refractivity contribution in [1.82, 2.24) is 5.32 Å². The maximum Gasteiger partial charge on any atom is 0.169 e. The van der Waals surface area contributed by atoms with Crippen LogP contribution in [0.15, 0.2) is 131 Å². The molecule has 0 saturated heterocycles. The normalized spacial score (nSPS) is 17.8. The van der Waals surface area contributed by atoms with Gasteiger partial charge in [0, 0.05) is 37.9 Å². The fraction of sp³-hybridized carbons (Fsp3) is 0.163. The van der Waals surface area contributed by atoms with Gasteiger partial charge in [-0.3, -0.25) is 0 Å². The average molecular weight is 642 g/mol. The number of allylic oxidation sites excluding steroid dienone is 1. The van der Waals surface area contributed by atoms with Gasteiger partial charge in [0.25, 0.3) is 0 Å². The lowest BCUT2D eigenvalue weighted by Crippen LogP contribution is -2.35. The molecule has 0 spiro atoms. The number of benzene rings is 5. The molecule has 48 heavy (non-hydrogen) atoms. The van der Waals surface area contributed by atoms with Crippen LogP contribution in [-0.4, -0.2) is 11.7 Å². The molecule has 6 aromatic rings. The lowest BCUT2D eigenvalue weighted by Gasteiger charge is -2.35. The molecule has 1 unspecified atom stereocenters. The van der Waals surface area contributed by atoms with Crippen molar-refractivity contribution in [2.45, 2.75) is 44.7 Å². The molecule has 1 atom stereocenters. The Morgan fingerprint density at radius 3 is 2.06 bits per heavy atom. The molecule has 1 N–H and O–H groups in total. The summed E-state index contributed by atoms with van der Waals surface area (Å²) in [6, 6.07) is 40.4. The van der Waals surface area contributed by atoms with E-state index in [-0.39, 0.29) is 11.6 Å². The summed E-state index contributed by atoms with van der Waals surface area (Å²) < 4.78 is 8.13. The molecular formula is C43H35N3OS. The van der Waals surface area contributed by atoms with Crippen molar-refractivity contribution in [2.75, 3.05) is 0 Å². The maximum atomic E-state index is 6.87. The quantitative estimate of drug-likeness (QED) is 0.208. The van der Waals surface area contributed by atoms with Gasteiger partial charge in [-0.2, -0.15) is 0 Å². The molecule has 3 aliphatic rings. The third-order valence-electron chi connectivity index (χ3n) is 10.0. The minimum Gasteiger partial charge on any atom is -0.455 e. The number of nitrogens with zero attached hydrogens (tertiary/aromatic N) is 2. The largest absolute Gasteiger partial charge is 0.455 e. The van der Waals surface area contributed by atoms with E-state index in [2.05, 4.69) is 117 Å². The van der Waals surface area contributed by atoms with E-state index in [0.29, 0.717) is 5.92 Å². The number of rotatable bonds is 4. The summed E-state index contributed by atoms with van der Waals surface area (Å²) >= 11 is 1.87. The van der Waals surface area contributed by atoms with Crippen molar-refractivity contribution in [2.24, 2.45) is 9.98 Å². The van der Waals surface area contributed by atoms with E-state index in [9.17, 15) is 0 Å². The summed E-state index contributed by atoms with van der Waals surface area (Å²) in [7, 11) is 0. The lowest BCUT2D eigenvalue weighted by molar-refractivity contribution is 0.424. The van der Waals surface area contributed by atoms with Gasteiger partial charge in [-0.25, -0.2) is 9.98 Å². The van der Waals surface area contributed by atoms with Crippen LogP contribution >= 0.6 is 11.3 Å². The highest BCUT2D eigenvalue weighted by molar-refractivity contribution is 7.20. The summed E-state index contributed by atoms with van der Waals surface area (Å²) in [5.74, 6) is 4.11. The van der Waals surface area contributed by atoms with Crippen molar-refractivity contribution in [3.05, 3.63) is 160 Å². The molecular weight excluding hydrogens is 607 g/mol. The van der Waals surface area contributed by atoms with Gasteiger partial charge in [0.05, 0.1) is 4.70 Å². The minimum absolute atomic E-state index is 0.177. The molecule has 3 heterocycles. The van der Waals surface area contributed by atoms with Gasteiger partial charge in [-0.1, -0.05) is 136 Å². The number of ether oxygens (including phenoxy) is 1. The van der Waals surface area contributed by atoms with E-state index in [4.69, 9.17) is 14.7 Å². The highest BCUT2D eigenvalue weighted by Gasteiger charge is 2.36. The van der Waals surface area contributed by atoms with Gasteiger partial charge in [0.15, 0.2) is 6.17 Å². The molecule has 0 fully saturated rings. The van der Waals surface area contributed by atoms with E-state index < -0.39 is 0 Å². The van der Waals surface area contributed by atoms with E-state index in [1.165, 1.54) is 31.7 Å². The second-order valence-electron chi connectivity index (χ2n) is 13.5. The zero-order valence-corrected chi connectivity index (χ0v) is 28.0. The third-order valence-corrected chi connectivity index (χ3v) is 11.2. The van der Waals surface area contributed by atoms with Crippen LogP contribution in [0.5, 0.6) is 11.5 Å². The number of nitrogens with one attached hydrogen (secondary N) is 1. The van der Waals surface area contributed by atoms with Crippen molar-refractivity contribution in [3.63, 3.8) is 0 Å². The van der Waals surface area contributed by atoms with Crippen molar-refractivity contribution in [1.29, 1.82) is 0 Å². The lowest BCUT2D eigenvalue weighted by atomic mass is 9.75. The summed E-state index contributed by atoms with van der Waals surface area (Å²) in [5, 5.41) is 4.81. The summed E-state index contributed by atoms with van der Waals surface area (Å²) in [4.78, 5) is 11.5. The van der Waals surface area contributed by atoms with Gasteiger partial charge in [-0.05, 0) is 46.7 Å². The first-order chi connectivity index (χ1) is 23.4. The smallest absolute Gasteiger partial charge is 0.169 e. The van der Waals surface area contributed by atoms with E-state index >= 15 is 0 Å². The van der Waals surface area contributed by atoms with E-state index in [1.54, 1.807) is 0 Å². The van der Waals surface area contributed by atoms with Crippen molar-refractivity contribution in [3.8, 4) is 22.6 Å². The molecule has 0 radical (unpaired) electrons. The van der Waals surface area contributed by atoms with Crippen molar-refractivity contribution < 1.29 is 4.74 Å². The summed E-state index contributed by atoms with van der Waals surface area (Å²) in [5.41, 5.74) is 9.12. The first kappa shape index (κ1) is 28.9. The maximum absolute atomic E-state index is 6.87. The minimum atomic E-state index is -0.355. The predicted octanol–water partition coefficient (Wildman–Crippen LogP) is 11.0. The van der Waals surface area contributed by atoms with Crippen molar-refractivity contribution >= 4 is 39.2 Å².